The molecule has 0 bridgehead atoms. The Morgan fingerprint density at radius 1 is 1.40 bits per heavy atom. The highest BCUT2D eigenvalue weighted by Crippen LogP contribution is 2.44. The zero-order chi connectivity index (χ0) is 21.8. The molecule has 10 heteroatoms. The van der Waals surface area contributed by atoms with Gasteiger partial charge in [-0.2, -0.15) is 0 Å². The van der Waals surface area contributed by atoms with Crippen LogP contribution in [-0.2, 0) is 10.4 Å². The van der Waals surface area contributed by atoms with Gasteiger partial charge in [0.2, 0.25) is 10.6 Å². The van der Waals surface area contributed by atoms with Crippen LogP contribution in [-0.4, -0.2) is 62.9 Å². The first-order chi connectivity index (χ1) is 14.0. The Kier molecular flexibility index (Phi) is 4.58. The molecule has 1 aromatic carbocycles. The van der Waals surface area contributed by atoms with E-state index in [2.05, 4.69) is 16.8 Å². The summed E-state index contributed by atoms with van der Waals surface area (Å²) in [6.07, 6.45) is 0.103. The Labute approximate surface area is 174 Å². The fraction of sp³-hybridized carbons (Fsp3) is 0.350. The zero-order valence-electron chi connectivity index (χ0n) is 16.0. The Morgan fingerprint density at radius 2 is 2.13 bits per heavy atom. The molecule has 0 radical (unpaired) electrons. The third-order valence-corrected chi connectivity index (χ3v) is 6.34. The number of likely N-dealkylation sites (tertiary alicyclic amines) is 1. The summed E-state index contributed by atoms with van der Waals surface area (Å²) in [5.41, 5.74) is -3.12. The molecule has 156 valence electrons. The lowest BCUT2D eigenvalue weighted by Gasteiger charge is -2.19. The molecule has 0 saturated carbocycles. The third kappa shape index (κ3) is 3.21. The van der Waals surface area contributed by atoms with Crippen LogP contribution < -0.4 is 4.74 Å². The van der Waals surface area contributed by atoms with Crippen molar-refractivity contribution in [2.45, 2.75) is 24.5 Å². The van der Waals surface area contributed by atoms with Crippen LogP contribution >= 0.6 is 11.3 Å². The number of benzene rings is 1. The van der Waals surface area contributed by atoms with Crippen LogP contribution in [0.4, 0.5) is 4.39 Å². The largest absolute Gasteiger partial charge is 0.489 e. The molecule has 1 saturated heterocycles. The molecule has 3 heterocycles. The topological polar surface area (TPSA) is 120 Å². The summed E-state index contributed by atoms with van der Waals surface area (Å²) in [5.74, 6) is 2.49. The molecule has 4 rings (SSSR count). The highest BCUT2D eigenvalue weighted by molar-refractivity contribution is 7.14. The number of halogens is 1. The number of amides is 1. The van der Waals surface area contributed by atoms with Crippen molar-refractivity contribution in [3.63, 3.8) is 0 Å². The lowest BCUT2D eigenvalue weighted by atomic mass is 9.99. The van der Waals surface area contributed by atoms with E-state index in [0.29, 0.717) is 6.54 Å². The van der Waals surface area contributed by atoms with Gasteiger partial charge in [0.05, 0.1) is 16.1 Å². The lowest BCUT2D eigenvalue weighted by Crippen LogP contribution is -2.37. The standard InChI is InChI=1S/C20H17FN2O6S/c1-19(27)9-29-13-8-12(21)10(3-4-20(28)5-6-23(2)18(20)26)7-11(13)14-15(19)30-16(22-14)17(24)25/h7-8,27-28H,5-6,9H2,1-2H3,(H,24,25)/t19?,20-/m0/s1. The number of rotatable bonds is 1. The van der Waals surface area contributed by atoms with Crippen molar-refractivity contribution in [1.29, 1.82) is 0 Å². The number of hydrogen-bond acceptors (Lipinski definition) is 7. The Balaban J connectivity index is 1.84. The highest BCUT2D eigenvalue weighted by Gasteiger charge is 2.42. The van der Waals surface area contributed by atoms with E-state index < -0.39 is 28.9 Å². The van der Waals surface area contributed by atoms with E-state index in [1.165, 1.54) is 24.9 Å². The Bertz CT molecular complexity index is 1150. The van der Waals surface area contributed by atoms with Gasteiger partial charge in [-0.1, -0.05) is 11.8 Å². The second-order valence-corrected chi connectivity index (χ2v) is 8.48. The van der Waals surface area contributed by atoms with Crippen molar-refractivity contribution in [2.75, 3.05) is 20.2 Å². The molecule has 1 fully saturated rings. The molecule has 1 amide bonds. The number of likely N-dealkylation sites (N-methyl/N-ethyl adjacent to an activating group) is 1. The summed E-state index contributed by atoms with van der Waals surface area (Å²) in [5, 5.41) is 30.2. The van der Waals surface area contributed by atoms with Gasteiger partial charge in [0.15, 0.2) is 0 Å². The molecule has 1 unspecified atom stereocenters. The Morgan fingerprint density at radius 3 is 2.77 bits per heavy atom. The fourth-order valence-corrected chi connectivity index (χ4v) is 4.29. The summed E-state index contributed by atoms with van der Waals surface area (Å²) < 4.78 is 20.2. The third-order valence-electron chi connectivity index (χ3n) is 5.05. The normalized spacial score (nSPS) is 25.0. The number of carbonyl (C=O) groups is 2. The van der Waals surface area contributed by atoms with E-state index in [9.17, 15) is 29.3 Å². The lowest BCUT2D eigenvalue weighted by molar-refractivity contribution is -0.137. The average molecular weight is 432 g/mol. The predicted molar refractivity (Wildman–Crippen MR) is 104 cm³/mol. The first kappa shape index (κ1) is 20.3. The maximum absolute atomic E-state index is 14.7. The van der Waals surface area contributed by atoms with Gasteiger partial charge >= 0.3 is 5.97 Å². The van der Waals surface area contributed by atoms with E-state index in [0.717, 1.165) is 17.4 Å². The molecule has 2 atom stereocenters. The number of fused-ring (bicyclic) bond motifs is 3. The SMILES string of the molecule is CN1CC[C@@](O)(C#Cc2cc3c(cc2F)OCC(C)(O)c2sc(C(=O)O)nc2-3)C1=O. The van der Waals surface area contributed by atoms with Crippen molar-refractivity contribution in [3.8, 4) is 28.8 Å². The number of aromatic carboxylic acids is 1. The molecule has 30 heavy (non-hydrogen) atoms. The van der Waals surface area contributed by atoms with Crippen molar-refractivity contribution < 1.29 is 34.0 Å². The quantitative estimate of drug-likeness (QED) is 0.579. The highest BCUT2D eigenvalue weighted by atomic mass is 32.1. The monoisotopic (exact) mass is 432 g/mol. The van der Waals surface area contributed by atoms with Crippen LogP contribution in [0.3, 0.4) is 0 Å². The van der Waals surface area contributed by atoms with Gasteiger partial charge in [0, 0.05) is 31.6 Å². The van der Waals surface area contributed by atoms with Gasteiger partial charge in [-0.15, -0.1) is 11.3 Å². The molecular weight excluding hydrogens is 415 g/mol. The van der Waals surface area contributed by atoms with Crippen LogP contribution in [0, 0.1) is 17.7 Å². The van der Waals surface area contributed by atoms with Gasteiger partial charge in [-0.05, 0) is 13.0 Å². The number of nitrogens with zero attached hydrogens (tertiary/aromatic N) is 2. The van der Waals surface area contributed by atoms with E-state index in [-0.39, 0.29) is 45.5 Å². The number of carboxylic acid groups (broad SMARTS) is 1. The molecular formula is C20H17FN2O6S. The number of aliphatic hydroxyl groups is 2. The van der Waals surface area contributed by atoms with Crippen LogP contribution in [0.25, 0.3) is 11.3 Å². The van der Waals surface area contributed by atoms with Gasteiger partial charge in [-0.25, -0.2) is 14.2 Å². The fourth-order valence-electron chi connectivity index (χ4n) is 3.34. The smallest absolute Gasteiger partial charge is 0.365 e. The summed E-state index contributed by atoms with van der Waals surface area (Å²) in [6.45, 7) is 1.56. The summed E-state index contributed by atoms with van der Waals surface area (Å²) in [4.78, 5) is 29.2. The average Bonchev–Trinajstić information content (AvgIpc) is 3.22. The zero-order valence-corrected chi connectivity index (χ0v) is 16.8. The molecule has 1 aromatic heterocycles. The predicted octanol–water partition coefficient (Wildman–Crippen LogP) is 1.19. The Hall–Kier alpha value is -3.00. The molecule has 2 aromatic rings. The maximum atomic E-state index is 14.7. The van der Waals surface area contributed by atoms with Crippen LogP contribution in [0.15, 0.2) is 12.1 Å². The number of aromatic nitrogens is 1. The number of ether oxygens (including phenoxy) is 1. The molecule has 3 N–H and O–H groups in total. The van der Waals surface area contributed by atoms with E-state index in [1.807, 2.05) is 0 Å². The first-order valence-corrected chi connectivity index (χ1v) is 9.78. The molecule has 8 nitrogen and oxygen atoms in total. The minimum absolute atomic E-state index is 0.0784. The first-order valence-electron chi connectivity index (χ1n) is 8.97. The van der Waals surface area contributed by atoms with E-state index in [4.69, 9.17) is 4.74 Å². The van der Waals surface area contributed by atoms with Crippen LogP contribution in [0.2, 0.25) is 0 Å². The molecule has 2 aliphatic rings. The number of thiazole rings is 1. The van der Waals surface area contributed by atoms with Gasteiger partial charge in [0.1, 0.15) is 23.8 Å². The van der Waals surface area contributed by atoms with Crippen molar-refractivity contribution >= 4 is 23.2 Å². The maximum Gasteiger partial charge on any atom is 0.365 e. The molecule has 0 aliphatic carbocycles. The van der Waals surface area contributed by atoms with Gasteiger partial charge in [0.25, 0.3) is 5.91 Å². The molecule has 0 spiro atoms. The van der Waals surface area contributed by atoms with Crippen LogP contribution in [0.5, 0.6) is 5.75 Å². The minimum atomic E-state index is -1.89. The second-order valence-electron chi connectivity index (χ2n) is 7.48. The second kappa shape index (κ2) is 6.77. The summed E-state index contributed by atoms with van der Waals surface area (Å²) in [6, 6.07) is 2.38. The van der Waals surface area contributed by atoms with Gasteiger partial charge < -0.3 is 25.0 Å². The number of carbonyl (C=O) groups excluding carboxylic acids is 1. The van der Waals surface area contributed by atoms with Crippen molar-refractivity contribution in [2.24, 2.45) is 0 Å². The number of carboxylic acids is 1. The summed E-state index contributed by atoms with van der Waals surface area (Å²) >= 11 is 0.810. The van der Waals surface area contributed by atoms with E-state index >= 15 is 0 Å². The molecule has 2 aliphatic heterocycles. The van der Waals surface area contributed by atoms with Crippen molar-refractivity contribution in [3.05, 3.63) is 33.4 Å². The van der Waals surface area contributed by atoms with Gasteiger partial charge in [-0.3, -0.25) is 4.79 Å². The summed E-state index contributed by atoms with van der Waals surface area (Å²) in [7, 11) is 1.54. The number of hydrogen-bond donors (Lipinski definition) is 3. The van der Waals surface area contributed by atoms with Crippen molar-refractivity contribution in [1.82, 2.24) is 9.88 Å². The van der Waals surface area contributed by atoms with Crippen LogP contribution in [0.1, 0.15) is 33.6 Å². The van der Waals surface area contributed by atoms with E-state index in [1.54, 1.807) is 0 Å². The minimum Gasteiger partial charge on any atom is -0.489 e.